The maximum absolute atomic E-state index is 13.3. The summed E-state index contributed by atoms with van der Waals surface area (Å²) in [5, 5.41) is 14.8. The second kappa shape index (κ2) is 7.42. The van der Waals surface area contributed by atoms with Crippen molar-refractivity contribution in [1.82, 2.24) is 28.9 Å². The lowest BCUT2D eigenvalue weighted by Gasteiger charge is -2.08. The van der Waals surface area contributed by atoms with Gasteiger partial charge in [0.15, 0.2) is 0 Å². The number of rotatable bonds is 4. The van der Waals surface area contributed by atoms with E-state index in [1.807, 2.05) is 42.1 Å². The molecular weight excluding hydrogens is 404 g/mol. The number of benzene rings is 1. The Hall–Kier alpha value is -3.78. The highest BCUT2D eigenvalue weighted by Crippen LogP contribution is 2.30. The van der Waals surface area contributed by atoms with Crippen molar-refractivity contribution < 1.29 is 5.11 Å². The van der Waals surface area contributed by atoms with E-state index in [4.69, 9.17) is 0 Å². The third-order valence-electron chi connectivity index (χ3n) is 5.86. The molecule has 0 atom stereocenters. The molecule has 1 aromatic carbocycles. The summed E-state index contributed by atoms with van der Waals surface area (Å²) in [6.07, 6.45) is 5.42. The summed E-state index contributed by atoms with van der Waals surface area (Å²) in [6, 6.07) is 9.91. The smallest absolute Gasteiger partial charge is 0.333 e. The number of pyridine rings is 2. The number of aryl methyl sites for hydroxylation is 2. The van der Waals surface area contributed by atoms with Crippen molar-refractivity contribution in [3.05, 3.63) is 70.8 Å². The molecule has 4 aromatic heterocycles. The van der Waals surface area contributed by atoms with Crippen LogP contribution in [0, 0.1) is 6.92 Å². The van der Waals surface area contributed by atoms with Crippen LogP contribution in [-0.4, -0.2) is 34.0 Å². The summed E-state index contributed by atoms with van der Waals surface area (Å²) in [7, 11) is 1.76. The van der Waals surface area contributed by atoms with Crippen LogP contribution in [0.2, 0.25) is 0 Å². The standard InChI is InChI=1S/C24H24N6O2/c1-14(2)29-12-22(15(3)27-29)30-23-19-9-16(17-5-7-18(13-31)25-10-17)6-8-20(19)26-11-21(23)28(4)24(30)32/h5-12,14,31H,13H2,1-4H3. The topological polar surface area (TPSA) is 90.8 Å². The summed E-state index contributed by atoms with van der Waals surface area (Å²) < 4.78 is 5.23. The Bertz CT molecular complexity index is 1520. The summed E-state index contributed by atoms with van der Waals surface area (Å²) in [4.78, 5) is 22.2. The van der Waals surface area contributed by atoms with Crippen molar-refractivity contribution in [2.24, 2.45) is 7.05 Å². The van der Waals surface area contributed by atoms with Crippen molar-refractivity contribution in [2.45, 2.75) is 33.4 Å². The Morgan fingerprint density at radius 2 is 1.84 bits per heavy atom. The highest BCUT2D eigenvalue weighted by molar-refractivity contribution is 6.04. The molecule has 8 heteroatoms. The van der Waals surface area contributed by atoms with Crippen LogP contribution in [0.4, 0.5) is 0 Å². The fourth-order valence-electron chi connectivity index (χ4n) is 4.05. The molecule has 0 radical (unpaired) electrons. The van der Waals surface area contributed by atoms with Crippen molar-refractivity contribution in [1.29, 1.82) is 0 Å². The molecule has 0 aliphatic rings. The normalized spacial score (nSPS) is 11.8. The second-order valence-corrected chi connectivity index (χ2v) is 8.27. The highest BCUT2D eigenvalue weighted by atomic mass is 16.3. The fraction of sp³-hybridized carbons (Fsp3) is 0.250. The van der Waals surface area contributed by atoms with Gasteiger partial charge in [-0.1, -0.05) is 12.1 Å². The molecule has 0 aliphatic carbocycles. The SMILES string of the molecule is Cc1nn(C(C)C)cc1-n1c(=O)n(C)c2cnc3ccc(-c4ccc(CO)nc4)cc3c21. The maximum Gasteiger partial charge on any atom is 0.333 e. The van der Waals surface area contributed by atoms with Gasteiger partial charge in [-0.2, -0.15) is 5.10 Å². The lowest BCUT2D eigenvalue weighted by atomic mass is 10.0. The first-order chi connectivity index (χ1) is 15.4. The van der Waals surface area contributed by atoms with E-state index in [1.165, 1.54) is 0 Å². The first-order valence-electron chi connectivity index (χ1n) is 10.5. The van der Waals surface area contributed by atoms with E-state index >= 15 is 0 Å². The average molecular weight is 428 g/mol. The fourth-order valence-corrected chi connectivity index (χ4v) is 4.05. The van der Waals surface area contributed by atoms with Crippen molar-refractivity contribution in [3.8, 4) is 16.8 Å². The first-order valence-corrected chi connectivity index (χ1v) is 10.5. The number of imidazole rings is 1. The zero-order valence-electron chi connectivity index (χ0n) is 18.4. The van der Waals surface area contributed by atoms with Crippen LogP contribution in [0.1, 0.15) is 31.3 Å². The van der Waals surface area contributed by atoms with Crippen LogP contribution >= 0.6 is 0 Å². The summed E-state index contributed by atoms with van der Waals surface area (Å²) in [6.45, 7) is 5.94. The maximum atomic E-state index is 13.3. The van der Waals surface area contributed by atoms with Crippen LogP contribution in [0.3, 0.4) is 0 Å². The Morgan fingerprint density at radius 3 is 2.50 bits per heavy atom. The Kier molecular flexibility index (Phi) is 4.67. The minimum Gasteiger partial charge on any atom is -0.390 e. The summed E-state index contributed by atoms with van der Waals surface area (Å²) in [5.41, 5.74) is 6.28. The molecule has 8 nitrogen and oxygen atoms in total. The quantitative estimate of drug-likeness (QED) is 0.473. The lowest BCUT2D eigenvalue weighted by Crippen LogP contribution is -2.21. The van der Waals surface area contributed by atoms with Gasteiger partial charge in [-0.05, 0) is 44.5 Å². The first kappa shape index (κ1) is 20.1. The molecule has 5 rings (SSSR count). The monoisotopic (exact) mass is 428 g/mol. The molecule has 0 unspecified atom stereocenters. The largest absolute Gasteiger partial charge is 0.390 e. The minimum atomic E-state index is -0.139. The molecule has 5 aromatic rings. The van der Waals surface area contributed by atoms with Gasteiger partial charge in [0, 0.05) is 36.4 Å². The van der Waals surface area contributed by atoms with Gasteiger partial charge in [0.05, 0.1) is 46.4 Å². The molecular formula is C24H24N6O2. The van der Waals surface area contributed by atoms with Crippen molar-refractivity contribution in [3.63, 3.8) is 0 Å². The Labute approximate surface area is 184 Å². The number of aliphatic hydroxyl groups excluding tert-OH is 1. The van der Waals surface area contributed by atoms with E-state index in [1.54, 1.807) is 34.6 Å². The summed E-state index contributed by atoms with van der Waals surface area (Å²) in [5.74, 6) is 0. The molecule has 0 aliphatic heterocycles. The van der Waals surface area contributed by atoms with Gasteiger partial charge in [-0.3, -0.25) is 23.8 Å². The van der Waals surface area contributed by atoms with E-state index in [-0.39, 0.29) is 18.3 Å². The Morgan fingerprint density at radius 1 is 1.06 bits per heavy atom. The van der Waals surface area contributed by atoms with Gasteiger partial charge in [0.1, 0.15) is 0 Å². The third-order valence-corrected chi connectivity index (χ3v) is 5.86. The third kappa shape index (κ3) is 3.03. The van der Waals surface area contributed by atoms with Gasteiger partial charge in [0.25, 0.3) is 0 Å². The van der Waals surface area contributed by atoms with Gasteiger partial charge in [-0.25, -0.2) is 4.79 Å². The molecule has 32 heavy (non-hydrogen) atoms. The van der Waals surface area contributed by atoms with Crippen LogP contribution in [0.5, 0.6) is 0 Å². The number of nitrogens with zero attached hydrogens (tertiary/aromatic N) is 6. The number of aromatic nitrogens is 6. The molecule has 0 saturated carbocycles. The average Bonchev–Trinajstić information content (AvgIpc) is 3.31. The van der Waals surface area contributed by atoms with E-state index in [0.717, 1.165) is 44.4 Å². The van der Waals surface area contributed by atoms with Crippen molar-refractivity contribution >= 4 is 21.9 Å². The number of hydrogen-bond donors (Lipinski definition) is 1. The van der Waals surface area contributed by atoms with E-state index < -0.39 is 0 Å². The van der Waals surface area contributed by atoms with Crippen LogP contribution in [0.15, 0.2) is 53.7 Å². The number of fused-ring (bicyclic) bond motifs is 3. The van der Waals surface area contributed by atoms with Crippen LogP contribution in [-0.2, 0) is 13.7 Å². The molecule has 1 N–H and O–H groups in total. The molecule has 162 valence electrons. The lowest BCUT2D eigenvalue weighted by molar-refractivity contribution is 0.277. The van der Waals surface area contributed by atoms with Gasteiger partial charge in [0.2, 0.25) is 0 Å². The van der Waals surface area contributed by atoms with E-state index in [2.05, 4.69) is 28.9 Å². The zero-order valence-corrected chi connectivity index (χ0v) is 18.4. The van der Waals surface area contributed by atoms with Crippen molar-refractivity contribution in [2.75, 3.05) is 0 Å². The molecule has 0 fully saturated rings. The minimum absolute atomic E-state index is 0.0950. The zero-order chi connectivity index (χ0) is 22.6. The van der Waals surface area contributed by atoms with Gasteiger partial charge in [-0.15, -0.1) is 0 Å². The molecule has 0 saturated heterocycles. The predicted octanol–water partition coefficient (Wildman–Crippen LogP) is 3.52. The molecule has 4 heterocycles. The summed E-state index contributed by atoms with van der Waals surface area (Å²) >= 11 is 0. The number of hydrogen-bond acceptors (Lipinski definition) is 5. The predicted molar refractivity (Wildman–Crippen MR) is 124 cm³/mol. The van der Waals surface area contributed by atoms with Gasteiger partial charge < -0.3 is 5.11 Å². The molecule has 0 spiro atoms. The van der Waals surface area contributed by atoms with E-state index in [9.17, 15) is 9.90 Å². The van der Waals surface area contributed by atoms with Gasteiger partial charge >= 0.3 is 5.69 Å². The molecule has 0 amide bonds. The second-order valence-electron chi connectivity index (χ2n) is 8.27. The van der Waals surface area contributed by atoms with Crippen LogP contribution < -0.4 is 5.69 Å². The van der Waals surface area contributed by atoms with E-state index in [0.29, 0.717) is 5.69 Å². The van der Waals surface area contributed by atoms with Crippen LogP contribution in [0.25, 0.3) is 38.8 Å². The highest BCUT2D eigenvalue weighted by Gasteiger charge is 2.20. The molecule has 0 bridgehead atoms. The number of aliphatic hydroxyl groups is 1. The Balaban J connectivity index is 1.82.